The first kappa shape index (κ1) is 22.5. The van der Waals surface area contributed by atoms with Crippen molar-refractivity contribution in [2.45, 2.75) is 65.1 Å². The normalized spacial score (nSPS) is 20.3. The lowest BCUT2D eigenvalue weighted by atomic mass is 9.95. The van der Waals surface area contributed by atoms with Gasteiger partial charge in [0.2, 0.25) is 0 Å². The zero-order valence-corrected chi connectivity index (χ0v) is 18.0. The molecule has 1 aliphatic carbocycles. The first-order valence-corrected chi connectivity index (χ1v) is 10.5. The van der Waals surface area contributed by atoms with Crippen LogP contribution >= 0.6 is 0 Å². The van der Waals surface area contributed by atoms with Crippen LogP contribution in [0.15, 0.2) is 6.07 Å². The highest BCUT2D eigenvalue weighted by molar-refractivity contribution is 5.80. The lowest BCUT2D eigenvalue weighted by Crippen LogP contribution is -2.30. The van der Waals surface area contributed by atoms with Crippen LogP contribution < -0.4 is 9.47 Å². The summed E-state index contributed by atoms with van der Waals surface area (Å²) in [7, 11) is 1.61. The smallest absolute Gasteiger partial charge is 0.297 e. The number of carbonyl (C=O) groups excluding carboxylic acids is 1. The summed E-state index contributed by atoms with van der Waals surface area (Å²) in [5.74, 6) is -1.03. The summed E-state index contributed by atoms with van der Waals surface area (Å²) >= 11 is 0. The molecule has 1 heterocycles. The summed E-state index contributed by atoms with van der Waals surface area (Å²) < 4.78 is 47.7. The number of Topliss-reactive ketones (excluding diaryl/α,β-unsaturated/α-hetero) is 1. The van der Waals surface area contributed by atoms with Gasteiger partial charge in [-0.3, -0.25) is 4.57 Å². The van der Waals surface area contributed by atoms with Crippen LogP contribution in [0.5, 0.6) is 11.8 Å². The van der Waals surface area contributed by atoms with E-state index in [-0.39, 0.29) is 53.3 Å². The summed E-state index contributed by atoms with van der Waals surface area (Å²) in [5.41, 5.74) is -0.0325. The second-order valence-corrected chi connectivity index (χ2v) is 8.12. The maximum atomic E-state index is 14.7. The van der Waals surface area contributed by atoms with Gasteiger partial charge < -0.3 is 19.0 Å². The van der Waals surface area contributed by atoms with Crippen molar-refractivity contribution < 1.29 is 27.8 Å². The van der Waals surface area contributed by atoms with Gasteiger partial charge in [-0.15, -0.1) is 0 Å². The third-order valence-corrected chi connectivity index (χ3v) is 5.41. The average molecular weight is 424 g/mol. The largest absolute Gasteiger partial charge is 0.491 e. The van der Waals surface area contributed by atoms with Gasteiger partial charge in [-0.05, 0) is 45.4 Å². The topological polar surface area (TPSA) is 62.6 Å². The number of benzene rings is 1. The van der Waals surface area contributed by atoms with E-state index in [1.54, 1.807) is 20.9 Å². The van der Waals surface area contributed by atoms with Crippen LogP contribution in [0.4, 0.5) is 8.78 Å². The highest BCUT2D eigenvalue weighted by Gasteiger charge is 2.27. The molecule has 0 amide bonds. The Bertz CT molecular complexity index is 891. The molecule has 1 fully saturated rings. The van der Waals surface area contributed by atoms with E-state index in [1.165, 1.54) is 4.57 Å². The zero-order valence-electron chi connectivity index (χ0n) is 18.0. The Morgan fingerprint density at radius 3 is 2.57 bits per heavy atom. The Morgan fingerprint density at radius 2 is 1.93 bits per heavy atom. The van der Waals surface area contributed by atoms with E-state index in [0.29, 0.717) is 13.0 Å². The Morgan fingerprint density at radius 1 is 1.27 bits per heavy atom. The van der Waals surface area contributed by atoms with Gasteiger partial charge in [-0.1, -0.05) is 6.92 Å². The van der Waals surface area contributed by atoms with Crippen molar-refractivity contribution in [1.29, 1.82) is 0 Å². The van der Waals surface area contributed by atoms with Gasteiger partial charge in [-0.25, -0.2) is 8.78 Å². The number of hydrogen-bond acceptors (Lipinski definition) is 5. The molecule has 0 bridgehead atoms. The monoisotopic (exact) mass is 424 g/mol. The highest BCUT2D eigenvalue weighted by atomic mass is 19.1. The molecule has 0 unspecified atom stereocenters. The van der Waals surface area contributed by atoms with Gasteiger partial charge in [0, 0.05) is 26.1 Å². The van der Waals surface area contributed by atoms with Crippen molar-refractivity contribution in [1.82, 2.24) is 9.55 Å². The quantitative estimate of drug-likeness (QED) is 0.590. The maximum absolute atomic E-state index is 14.7. The average Bonchev–Trinajstić information content (AvgIpc) is 3.02. The first-order chi connectivity index (χ1) is 14.3. The number of aryl methyl sites for hydroxylation is 1. The minimum absolute atomic E-state index is 0.0323. The molecule has 0 spiro atoms. The fraction of sp³-hybridized carbons (Fsp3) is 0.636. The van der Waals surface area contributed by atoms with Crippen molar-refractivity contribution in [2.75, 3.05) is 13.2 Å². The van der Waals surface area contributed by atoms with E-state index in [2.05, 4.69) is 4.98 Å². The van der Waals surface area contributed by atoms with Crippen LogP contribution in [0.25, 0.3) is 11.0 Å². The van der Waals surface area contributed by atoms with Crippen molar-refractivity contribution in [3.63, 3.8) is 0 Å². The standard InChI is InChI=1S/C22H30F2N2O4/c1-5-28-18-11-17(23)20-21(19(18)24)26(4)22(25-20)30-16-8-6-15(7-9-16)29-12-13(2)10-14(3)27/h11,13,15-16H,5-10,12H2,1-4H3/t13-,15?,16?/m1/s1. The molecule has 3 rings (SSSR count). The fourth-order valence-corrected chi connectivity index (χ4v) is 3.94. The summed E-state index contributed by atoms with van der Waals surface area (Å²) in [5, 5.41) is 0. The molecule has 30 heavy (non-hydrogen) atoms. The zero-order chi connectivity index (χ0) is 21.8. The summed E-state index contributed by atoms with van der Waals surface area (Å²) in [6, 6.07) is 1.21. The van der Waals surface area contributed by atoms with Crippen molar-refractivity contribution in [3.05, 3.63) is 17.7 Å². The van der Waals surface area contributed by atoms with Crippen molar-refractivity contribution in [2.24, 2.45) is 13.0 Å². The molecule has 2 aromatic rings. The number of ether oxygens (including phenoxy) is 3. The van der Waals surface area contributed by atoms with E-state index < -0.39 is 11.6 Å². The predicted octanol–water partition coefficient (Wildman–Crippen LogP) is 4.57. The fourth-order valence-electron chi connectivity index (χ4n) is 3.94. The number of imidazole rings is 1. The number of nitrogens with zero attached hydrogens (tertiary/aromatic N) is 2. The summed E-state index contributed by atoms with van der Waals surface area (Å²) in [4.78, 5) is 15.4. The Hall–Kier alpha value is -2.22. The third-order valence-electron chi connectivity index (χ3n) is 5.41. The molecule has 1 saturated carbocycles. The van der Waals surface area contributed by atoms with Crippen LogP contribution in [0.1, 0.15) is 52.9 Å². The second kappa shape index (κ2) is 9.73. The Labute approximate surface area is 175 Å². The lowest BCUT2D eigenvalue weighted by molar-refractivity contribution is -0.118. The molecule has 0 saturated heterocycles. The Balaban J connectivity index is 1.61. The molecule has 0 N–H and O–H groups in total. The summed E-state index contributed by atoms with van der Waals surface area (Å²) in [6.07, 6.45) is 3.78. The van der Waals surface area contributed by atoms with Gasteiger partial charge in [0.25, 0.3) is 6.01 Å². The summed E-state index contributed by atoms with van der Waals surface area (Å²) in [6.45, 7) is 6.12. The molecule has 0 aliphatic heterocycles. The third kappa shape index (κ3) is 5.09. The molecular formula is C22H30F2N2O4. The van der Waals surface area contributed by atoms with E-state index >= 15 is 0 Å². The van der Waals surface area contributed by atoms with Crippen LogP contribution in [0.3, 0.4) is 0 Å². The molecule has 1 aliphatic rings. The second-order valence-electron chi connectivity index (χ2n) is 8.12. The SMILES string of the molecule is CCOc1cc(F)c2nc(OC3CCC(OC[C@H](C)CC(C)=O)CC3)n(C)c2c1F. The molecule has 166 valence electrons. The number of carbonyl (C=O) groups is 1. The number of fused-ring (bicyclic) bond motifs is 1. The van der Waals surface area contributed by atoms with Gasteiger partial charge >= 0.3 is 0 Å². The maximum Gasteiger partial charge on any atom is 0.297 e. The molecule has 1 atom stereocenters. The minimum Gasteiger partial charge on any atom is -0.491 e. The number of ketones is 1. The van der Waals surface area contributed by atoms with Crippen molar-refractivity contribution >= 4 is 16.8 Å². The van der Waals surface area contributed by atoms with E-state index in [9.17, 15) is 13.6 Å². The number of hydrogen-bond donors (Lipinski definition) is 0. The molecular weight excluding hydrogens is 394 g/mol. The van der Waals surface area contributed by atoms with Gasteiger partial charge in [-0.2, -0.15) is 4.98 Å². The molecule has 6 nitrogen and oxygen atoms in total. The van der Waals surface area contributed by atoms with Gasteiger partial charge in [0.05, 0.1) is 12.7 Å². The van der Waals surface area contributed by atoms with Gasteiger partial charge in [0.1, 0.15) is 22.9 Å². The van der Waals surface area contributed by atoms with Crippen LogP contribution in [-0.4, -0.2) is 40.8 Å². The van der Waals surface area contributed by atoms with E-state index in [0.717, 1.165) is 31.7 Å². The predicted molar refractivity (Wildman–Crippen MR) is 109 cm³/mol. The van der Waals surface area contributed by atoms with E-state index in [4.69, 9.17) is 14.2 Å². The number of halogens is 2. The molecule has 1 aromatic heterocycles. The lowest BCUT2D eigenvalue weighted by Gasteiger charge is -2.29. The van der Waals surface area contributed by atoms with E-state index in [1.807, 2.05) is 6.92 Å². The van der Waals surface area contributed by atoms with Crippen molar-refractivity contribution in [3.8, 4) is 11.8 Å². The van der Waals surface area contributed by atoms with Crippen LogP contribution in [-0.2, 0) is 16.6 Å². The highest BCUT2D eigenvalue weighted by Crippen LogP contribution is 2.33. The molecule has 0 radical (unpaired) electrons. The first-order valence-electron chi connectivity index (χ1n) is 10.5. The molecule has 8 heteroatoms. The Kier molecular flexibility index (Phi) is 7.28. The van der Waals surface area contributed by atoms with Crippen LogP contribution in [0.2, 0.25) is 0 Å². The number of aromatic nitrogens is 2. The van der Waals surface area contributed by atoms with Gasteiger partial charge in [0.15, 0.2) is 17.4 Å². The molecule has 1 aromatic carbocycles. The van der Waals surface area contributed by atoms with Crippen LogP contribution in [0, 0.1) is 17.6 Å². The number of rotatable bonds is 9. The minimum atomic E-state index is -0.644.